The number of halogens is 1. The van der Waals surface area contributed by atoms with E-state index >= 15 is 0 Å². The summed E-state index contributed by atoms with van der Waals surface area (Å²) in [6.07, 6.45) is 3.93. The Bertz CT molecular complexity index is 355. The van der Waals surface area contributed by atoms with E-state index in [1.807, 2.05) is 6.92 Å². The molecule has 1 aromatic heterocycles. The summed E-state index contributed by atoms with van der Waals surface area (Å²) in [7, 11) is 0. The molecule has 0 spiro atoms. The van der Waals surface area contributed by atoms with E-state index in [9.17, 15) is 0 Å². The minimum atomic E-state index is 0.224. The van der Waals surface area contributed by atoms with Crippen molar-refractivity contribution in [1.82, 2.24) is 9.97 Å². The molecular formula is C10H15ClN4. The topological polar surface area (TPSA) is 55.0 Å². The van der Waals surface area contributed by atoms with Crippen LogP contribution in [0.4, 0.5) is 5.95 Å². The lowest BCUT2D eigenvalue weighted by Crippen LogP contribution is -2.43. The summed E-state index contributed by atoms with van der Waals surface area (Å²) in [5.74, 6) is 0.695. The highest BCUT2D eigenvalue weighted by Gasteiger charge is 2.19. The number of nitrogens with zero attached hydrogens (tertiary/aromatic N) is 3. The lowest BCUT2D eigenvalue weighted by atomic mass is 10.1. The molecule has 1 saturated heterocycles. The third-order valence-corrected chi connectivity index (χ3v) is 3.02. The van der Waals surface area contributed by atoms with Gasteiger partial charge in [-0.25, -0.2) is 9.97 Å². The van der Waals surface area contributed by atoms with Gasteiger partial charge in [-0.3, -0.25) is 0 Å². The fourth-order valence-electron chi connectivity index (χ4n) is 1.76. The van der Waals surface area contributed by atoms with Crippen LogP contribution in [0.2, 0.25) is 5.15 Å². The predicted octanol–water partition coefficient (Wildman–Crippen LogP) is 1.37. The number of aromatic nitrogens is 2. The number of hydrogen-bond donors (Lipinski definition) is 1. The lowest BCUT2D eigenvalue weighted by Gasteiger charge is -2.30. The molecule has 1 unspecified atom stereocenters. The van der Waals surface area contributed by atoms with E-state index in [-0.39, 0.29) is 6.04 Å². The summed E-state index contributed by atoms with van der Waals surface area (Å²) in [6, 6.07) is 0.224. The van der Waals surface area contributed by atoms with Gasteiger partial charge in [0.2, 0.25) is 5.95 Å². The Balaban J connectivity index is 2.18. The zero-order chi connectivity index (χ0) is 10.8. The van der Waals surface area contributed by atoms with Crippen molar-refractivity contribution in [1.29, 1.82) is 0 Å². The molecule has 0 aromatic carbocycles. The fourth-order valence-corrected chi connectivity index (χ4v) is 1.88. The van der Waals surface area contributed by atoms with Crippen molar-refractivity contribution in [3.8, 4) is 0 Å². The van der Waals surface area contributed by atoms with Crippen LogP contribution in [-0.4, -0.2) is 29.1 Å². The first-order valence-corrected chi connectivity index (χ1v) is 5.54. The Morgan fingerprint density at radius 3 is 3.07 bits per heavy atom. The molecule has 0 saturated carbocycles. The maximum Gasteiger partial charge on any atom is 0.226 e. The Hall–Kier alpha value is -0.870. The molecule has 2 heterocycles. The van der Waals surface area contributed by atoms with Gasteiger partial charge in [-0.05, 0) is 19.8 Å². The third-order valence-electron chi connectivity index (χ3n) is 2.64. The minimum Gasteiger partial charge on any atom is -0.339 e. The molecule has 15 heavy (non-hydrogen) atoms. The molecule has 1 aromatic rings. The molecule has 1 aliphatic heterocycles. The van der Waals surface area contributed by atoms with Gasteiger partial charge in [-0.2, -0.15) is 0 Å². The van der Waals surface area contributed by atoms with Gasteiger partial charge in [0.15, 0.2) is 0 Å². The second kappa shape index (κ2) is 4.33. The summed E-state index contributed by atoms with van der Waals surface area (Å²) in [6.45, 7) is 3.68. The second-order valence-electron chi connectivity index (χ2n) is 3.99. The van der Waals surface area contributed by atoms with Gasteiger partial charge in [-0.1, -0.05) is 11.6 Å². The minimum absolute atomic E-state index is 0.224. The average molecular weight is 227 g/mol. The predicted molar refractivity (Wildman–Crippen MR) is 61.2 cm³/mol. The van der Waals surface area contributed by atoms with Crippen LogP contribution in [0.1, 0.15) is 18.4 Å². The van der Waals surface area contributed by atoms with Crippen molar-refractivity contribution < 1.29 is 0 Å². The SMILES string of the molecule is Cc1cnc(N2CCCC(N)C2)nc1Cl. The molecule has 82 valence electrons. The fraction of sp³-hybridized carbons (Fsp3) is 0.600. The van der Waals surface area contributed by atoms with E-state index in [1.165, 1.54) is 0 Å². The van der Waals surface area contributed by atoms with E-state index in [4.69, 9.17) is 17.3 Å². The number of hydrogen-bond acceptors (Lipinski definition) is 4. The third kappa shape index (κ3) is 2.38. The van der Waals surface area contributed by atoms with Gasteiger partial charge < -0.3 is 10.6 Å². The number of nitrogens with two attached hydrogens (primary N) is 1. The van der Waals surface area contributed by atoms with Crippen molar-refractivity contribution in [2.24, 2.45) is 5.73 Å². The zero-order valence-corrected chi connectivity index (χ0v) is 9.54. The molecule has 2 rings (SSSR count). The van der Waals surface area contributed by atoms with E-state index < -0.39 is 0 Å². The molecule has 0 radical (unpaired) electrons. The number of piperidine rings is 1. The molecule has 0 amide bonds. The maximum absolute atomic E-state index is 5.96. The molecule has 1 aliphatic rings. The van der Waals surface area contributed by atoms with Crippen molar-refractivity contribution in [2.45, 2.75) is 25.8 Å². The van der Waals surface area contributed by atoms with Crippen LogP contribution in [0.5, 0.6) is 0 Å². The maximum atomic E-state index is 5.96. The smallest absolute Gasteiger partial charge is 0.226 e. The standard InChI is InChI=1S/C10H15ClN4/c1-7-5-13-10(14-9(7)11)15-4-2-3-8(12)6-15/h5,8H,2-4,6,12H2,1H3. The summed E-state index contributed by atoms with van der Waals surface area (Å²) >= 11 is 5.96. The summed E-state index contributed by atoms with van der Waals surface area (Å²) in [4.78, 5) is 10.6. The zero-order valence-electron chi connectivity index (χ0n) is 8.78. The van der Waals surface area contributed by atoms with Crippen LogP contribution >= 0.6 is 11.6 Å². The molecule has 0 bridgehead atoms. The van der Waals surface area contributed by atoms with Crippen LogP contribution in [-0.2, 0) is 0 Å². The first-order valence-electron chi connectivity index (χ1n) is 5.16. The molecule has 2 N–H and O–H groups in total. The van der Waals surface area contributed by atoms with E-state index in [0.29, 0.717) is 11.1 Å². The monoisotopic (exact) mass is 226 g/mol. The Kier molecular flexibility index (Phi) is 3.07. The highest BCUT2D eigenvalue weighted by Crippen LogP contribution is 2.18. The van der Waals surface area contributed by atoms with Crippen LogP contribution in [0.15, 0.2) is 6.20 Å². The largest absolute Gasteiger partial charge is 0.339 e. The van der Waals surface area contributed by atoms with Crippen molar-refractivity contribution in [2.75, 3.05) is 18.0 Å². The van der Waals surface area contributed by atoms with Crippen LogP contribution < -0.4 is 10.6 Å². The van der Waals surface area contributed by atoms with Crippen molar-refractivity contribution in [3.05, 3.63) is 16.9 Å². The molecule has 5 heteroatoms. The lowest BCUT2D eigenvalue weighted by molar-refractivity contribution is 0.499. The highest BCUT2D eigenvalue weighted by atomic mass is 35.5. The number of anilines is 1. The summed E-state index contributed by atoms with van der Waals surface area (Å²) in [5.41, 5.74) is 6.80. The van der Waals surface area contributed by atoms with E-state index in [2.05, 4.69) is 14.9 Å². The van der Waals surface area contributed by atoms with Gasteiger partial charge in [0.05, 0.1) is 0 Å². The van der Waals surface area contributed by atoms with Crippen molar-refractivity contribution in [3.63, 3.8) is 0 Å². The van der Waals surface area contributed by atoms with Crippen molar-refractivity contribution >= 4 is 17.5 Å². The normalized spacial score (nSPS) is 21.8. The number of rotatable bonds is 1. The van der Waals surface area contributed by atoms with Gasteiger partial charge in [0.1, 0.15) is 5.15 Å². The molecule has 4 nitrogen and oxygen atoms in total. The number of aryl methyl sites for hydroxylation is 1. The molecule has 0 aliphatic carbocycles. The van der Waals surface area contributed by atoms with Gasteiger partial charge in [-0.15, -0.1) is 0 Å². The average Bonchev–Trinajstić information content (AvgIpc) is 2.22. The van der Waals surface area contributed by atoms with E-state index in [1.54, 1.807) is 6.20 Å². The van der Waals surface area contributed by atoms with Gasteiger partial charge in [0, 0.05) is 30.9 Å². The summed E-state index contributed by atoms with van der Waals surface area (Å²) < 4.78 is 0. The van der Waals surface area contributed by atoms with Gasteiger partial charge >= 0.3 is 0 Å². The molecule has 1 atom stereocenters. The molecule has 1 fully saturated rings. The first kappa shape index (κ1) is 10.6. The highest BCUT2D eigenvalue weighted by molar-refractivity contribution is 6.30. The van der Waals surface area contributed by atoms with E-state index in [0.717, 1.165) is 31.5 Å². The van der Waals surface area contributed by atoms with Crippen LogP contribution in [0.25, 0.3) is 0 Å². The Morgan fingerprint density at radius 2 is 2.40 bits per heavy atom. The second-order valence-corrected chi connectivity index (χ2v) is 4.35. The first-order chi connectivity index (χ1) is 7.16. The van der Waals surface area contributed by atoms with Crippen LogP contribution in [0.3, 0.4) is 0 Å². The van der Waals surface area contributed by atoms with Gasteiger partial charge in [0.25, 0.3) is 0 Å². The Morgan fingerprint density at radius 1 is 1.60 bits per heavy atom. The quantitative estimate of drug-likeness (QED) is 0.735. The van der Waals surface area contributed by atoms with Crippen LogP contribution in [0, 0.1) is 6.92 Å². The Labute approximate surface area is 94.5 Å². The molecular weight excluding hydrogens is 212 g/mol. The summed E-state index contributed by atoms with van der Waals surface area (Å²) in [5, 5.41) is 0.527.